The van der Waals surface area contributed by atoms with Crippen LogP contribution in [0.1, 0.15) is 5.56 Å². The summed E-state index contributed by atoms with van der Waals surface area (Å²) in [6.45, 7) is 0. The fraction of sp³-hybridized carbons (Fsp3) is 0.111. The maximum absolute atomic E-state index is 12.6. The zero-order valence-corrected chi connectivity index (χ0v) is 15.4. The lowest BCUT2D eigenvalue weighted by Gasteiger charge is -2.08. The van der Waals surface area contributed by atoms with E-state index in [4.69, 9.17) is 4.74 Å². The Morgan fingerprint density at radius 1 is 1.21 bits per heavy atom. The van der Waals surface area contributed by atoms with Gasteiger partial charge in [0.2, 0.25) is 0 Å². The number of nitrogens with zero attached hydrogens (tertiary/aromatic N) is 2. The van der Waals surface area contributed by atoms with Crippen molar-refractivity contribution >= 4 is 27.7 Å². The van der Waals surface area contributed by atoms with Crippen molar-refractivity contribution in [2.24, 2.45) is 0 Å². The maximum Gasteiger partial charge on any atom is 0.287 e. The van der Waals surface area contributed by atoms with Gasteiger partial charge in [0.25, 0.3) is 5.56 Å². The second-order valence-corrected chi connectivity index (χ2v) is 6.90. The summed E-state index contributed by atoms with van der Waals surface area (Å²) in [7, 11) is 1.64. The molecule has 1 heterocycles. The lowest BCUT2D eigenvalue weighted by molar-refractivity contribution is 0.414. The van der Waals surface area contributed by atoms with Crippen molar-refractivity contribution in [1.82, 2.24) is 9.55 Å². The molecule has 0 spiro atoms. The van der Waals surface area contributed by atoms with E-state index in [-0.39, 0.29) is 5.56 Å². The van der Waals surface area contributed by atoms with E-state index in [1.165, 1.54) is 11.8 Å². The molecule has 24 heavy (non-hydrogen) atoms. The van der Waals surface area contributed by atoms with Crippen LogP contribution in [0.15, 0.2) is 75.2 Å². The van der Waals surface area contributed by atoms with E-state index in [1.807, 2.05) is 48.5 Å². The molecule has 3 aromatic rings. The lowest BCUT2D eigenvalue weighted by Crippen LogP contribution is -2.20. The van der Waals surface area contributed by atoms with Gasteiger partial charge in [-0.15, -0.1) is 0 Å². The Kier molecular flexibility index (Phi) is 5.37. The predicted octanol–water partition coefficient (Wildman–Crippen LogP) is 4.30. The molecule has 0 bridgehead atoms. The first kappa shape index (κ1) is 16.8. The summed E-state index contributed by atoms with van der Waals surface area (Å²) in [6, 6.07) is 15.4. The summed E-state index contributed by atoms with van der Waals surface area (Å²) < 4.78 is 7.80. The zero-order valence-electron chi connectivity index (χ0n) is 13.0. The van der Waals surface area contributed by atoms with Crippen molar-refractivity contribution in [3.8, 4) is 11.4 Å². The molecule has 122 valence electrons. The van der Waals surface area contributed by atoms with Gasteiger partial charge in [-0.2, -0.15) is 0 Å². The monoisotopic (exact) mass is 402 g/mol. The number of hydrogen-bond donors (Lipinski definition) is 0. The van der Waals surface area contributed by atoms with Gasteiger partial charge in [-0.1, -0.05) is 39.8 Å². The van der Waals surface area contributed by atoms with Crippen LogP contribution in [0.25, 0.3) is 5.69 Å². The van der Waals surface area contributed by atoms with E-state index in [2.05, 4.69) is 20.9 Å². The van der Waals surface area contributed by atoms with Gasteiger partial charge in [0.05, 0.1) is 7.11 Å². The average Bonchev–Trinajstić information content (AvgIpc) is 2.62. The Labute approximate surface area is 152 Å². The highest BCUT2D eigenvalue weighted by molar-refractivity contribution is 9.10. The molecule has 0 unspecified atom stereocenters. The van der Waals surface area contributed by atoms with Crippen LogP contribution >= 0.6 is 27.7 Å². The Hall–Kier alpha value is -2.05. The van der Waals surface area contributed by atoms with Gasteiger partial charge in [-0.3, -0.25) is 9.36 Å². The van der Waals surface area contributed by atoms with Crippen molar-refractivity contribution in [1.29, 1.82) is 0 Å². The number of ether oxygens (including phenoxy) is 1. The molecule has 2 aromatic carbocycles. The van der Waals surface area contributed by atoms with Gasteiger partial charge in [0.1, 0.15) is 5.75 Å². The molecule has 3 rings (SSSR count). The molecule has 0 amide bonds. The number of aromatic nitrogens is 2. The largest absolute Gasteiger partial charge is 0.497 e. The highest BCUT2D eigenvalue weighted by atomic mass is 79.9. The van der Waals surface area contributed by atoms with Gasteiger partial charge in [-0.05, 0) is 42.0 Å². The van der Waals surface area contributed by atoms with Crippen molar-refractivity contribution < 1.29 is 4.74 Å². The van der Waals surface area contributed by atoms with E-state index in [9.17, 15) is 4.79 Å². The average molecular weight is 403 g/mol. The molecular formula is C18H15BrN2O2S. The van der Waals surface area contributed by atoms with Crippen molar-refractivity contribution in [2.75, 3.05) is 7.11 Å². The second-order valence-electron chi connectivity index (χ2n) is 5.02. The molecule has 0 atom stereocenters. The van der Waals surface area contributed by atoms with Gasteiger partial charge in [0.15, 0.2) is 5.03 Å². The highest BCUT2D eigenvalue weighted by Gasteiger charge is 2.08. The number of rotatable bonds is 5. The molecule has 0 saturated heterocycles. The van der Waals surface area contributed by atoms with Crippen LogP contribution in [0.4, 0.5) is 0 Å². The minimum atomic E-state index is -0.118. The van der Waals surface area contributed by atoms with Crippen molar-refractivity contribution in [3.05, 3.63) is 81.3 Å². The van der Waals surface area contributed by atoms with Crippen LogP contribution in [0.3, 0.4) is 0 Å². The van der Waals surface area contributed by atoms with Gasteiger partial charge in [0, 0.05) is 28.3 Å². The Morgan fingerprint density at radius 2 is 2.00 bits per heavy atom. The third kappa shape index (κ3) is 3.88. The summed E-state index contributed by atoms with van der Waals surface area (Å²) in [6.07, 6.45) is 3.33. The first-order chi connectivity index (χ1) is 11.7. The molecule has 0 aliphatic rings. The van der Waals surface area contributed by atoms with E-state index in [0.29, 0.717) is 10.8 Å². The highest BCUT2D eigenvalue weighted by Crippen LogP contribution is 2.21. The number of benzene rings is 2. The summed E-state index contributed by atoms with van der Waals surface area (Å²) in [5, 5.41) is 0.475. The zero-order chi connectivity index (χ0) is 16.9. The minimum absolute atomic E-state index is 0.118. The minimum Gasteiger partial charge on any atom is -0.497 e. The number of thioether (sulfide) groups is 1. The molecule has 0 radical (unpaired) electrons. The predicted molar refractivity (Wildman–Crippen MR) is 100 cm³/mol. The summed E-state index contributed by atoms with van der Waals surface area (Å²) in [5.74, 6) is 1.46. The first-order valence-electron chi connectivity index (χ1n) is 7.27. The number of methoxy groups -OCH3 is 1. The van der Waals surface area contributed by atoms with Crippen molar-refractivity contribution in [3.63, 3.8) is 0 Å². The molecule has 0 N–H and O–H groups in total. The van der Waals surface area contributed by atoms with Crippen LogP contribution in [0, 0.1) is 0 Å². The van der Waals surface area contributed by atoms with Crippen molar-refractivity contribution in [2.45, 2.75) is 10.8 Å². The van der Waals surface area contributed by atoms with Crippen LogP contribution < -0.4 is 10.3 Å². The molecule has 0 fully saturated rings. The Bertz CT molecular complexity index is 894. The standard InChI is InChI=1S/C18H15BrN2O2S/c1-23-16-4-2-3-13(11-16)12-24-17-18(22)21(10-9-20-17)15-7-5-14(19)6-8-15/h2-11H,12H2,1H3. The van der Waals surface area contributed by atoms with Crippen LogP contribution in [0.2, 0.25) is 0 Å². The maximum atomic E-state index is 12.6. The summed E-state index contributed by atoms with van der Waals surface area (Å²) >= 11 is 4.82. The Morgan fingerprint density at radius 3 is 2.75 bits per heavy atom. The van der Waals surface area contributed by atoms with E-state index < -0.39 is 0 Å². The van der Waals surface area contributed by atoms with Crippen LogP contribution in [-0.2, 0) is 5.75 Å². The molecule has 4 nitrogen and oxygen atoms in total. The molecule has 0 aliphatic carbocycles. The van der Waals surface area contributed by atoms with Crippen LogP contribution in [-0.4, -0.2) is 16.7 Å². The SMILES string of the molecule is COc1cccc(CSc2nccn(-c3ccc(Br)cc3)c2=O)c1. The summed E-state index contributed by atoms with van der Waals surface area (Å²) in [5.41, 5.74) is 1.78. The topological polar surface area (TPSA) is 44.1 Å². The van der Waals surface area contributed by atoms with Crippen LogP contribution in [0.5, 0.6) is 5.75 Å². The first-order valence-corrected chi connectivity index (χ1v) is 9.04. The van der Waals surface area contributed by atoms with Gasteiger partial charge >= 0.3 is 0 Å². The van der Waals surface area contributed by atoms with E-state index in [0.717, 1.165) is 21.5 Å². The fourth-order valence-corrected chi connectivity index (χ4v) is 3.32. The van der Waals surface area contributed by atoms with E-state index in [1.54, 1.807) is 24.1 Å². The molecular weight excluding hydrogens is 388 g/mol. The lowest BCUT2D eigenvalue weighted by atomic mass is 10.2. The number of halogens is 1. The van der Waals surface area contributed by atoms with E-state index >= 15 is 0 Å². The normalized spacial score (nSPS) is 10.6. The molecule has 6 heteroatoms. The molecule has 1 aromatic heterocycles. The third-order valence-electron chi connectivity index (χ3n) is 3.42. The third-order valence-corrected chi connectivity index (χ3v) is 4.98. The number of hydrogen-bond acceptors (Lipinski definition) is 4. The Balaban J connectivity index is 1.83. The quantitative estimate of drug-likeness (QED) is 0.596. The summed E-state index contributed by atoms with van der Waals surface area (Å²) in [4.78, 5) is 16.9. The smallest absolute Gasteiger partial charge is 0.287 e. The molecule has 0 aliphatic heterocycles. The molecule has 0 saturated carbocycles. The second kappa shape index (κ2) is 7.68. The van der Waals surface area contributed by atoms with Gasteiger partial charge < -0.3 is 4.74 Å². The fourth-order valence-electron chi connectivity index (χ4n) is 2.21. The van der Waals surface area contributed by atoms with Gasteiger partial charge in [-0.25, -0.2) is 4.98 Å².